The quantitative estimate of drug-likeness (QED) is 0.683. The largest absolute Gasteiger partial charge is 0.385 e. The molecule has 0 fully saturated rings. The molecule has 0 saturated carbocycles. The molecule has 0 unspecified atom stereocenters. The van der Waals surface area contributed by atoms with Crippen LogP contribution in [0.5, 0.6) is 0 Å². The maximum absolute atomic E-state index is 5.14. The van der Waals surface area contributed by atoms with Gasteiger partial charge in [-0.2, -0.15) is 0 Å². The lowest BCUT2D eigenvalue weighted by Gasteiger charge is -2.09. The van der Waals surface area contributed by atoms with Crippen molar-refractivity contribution in [2.24, 2.45) is 0 Å². The Hall–Kier alpha value is -0.840. The molecule has 104 valence electrons. The second-order valence-corrected chi connectivity index (χ2v) is 4.56. The predicted octanol–water partition coefficient (Wildman–Crippen LogP) is 1.88. The van der Waals surface area contributed by atoms with Crippen LogP contribution in [0.15, 0.2) is 6.07 Å². The third kappa shape index (κ3) is 4.44. The van der Waals surface area contributed by atoms with Gasteiger partial charge >= 0.3 is 0 Å². The van der Waals surface area contributed by atoms with Crippen LogP contribution in [-0.4, -0.2) is 38.5 Å². The molecule has 1 rings (SSSR count). The van der Waals surface area contributed by atoms with Crippen molar-refractivity contribution in [2.75, 3.05) is 34.0 Å². The van der Waals surface area contributed by atoms with Crippen LogP contribution in [0.25, 0.3) is 0 Å². The first-order valence-corrected chi connectivity index (χ1v) is 6.55. The van der Waals surface area contributed by atoms with Gasteiger partial charge in [0.1, 0.15) is 0 Å². The first-order valence-electron chi connectivity index (χ1n) is 6.55. The molecule has 0 saturated heterocycles. The number of nitrogens with one attached hydrogen (secondary N) is 1. The molecule has 4 nitrogen and oxygen atoms in total. The Kier molecular flexibility index (Phi) is 7.01. The zero-order valence-corrected chi connectivity index (χ0v) is 12.1. The number of ether oxygens (including phenoxy) is 2. The molecule has 1 heterocycles. The van der Waals surface area contributed by atoms with Crippen molar-refractivity contribution in [2.45, 2.75) is 33.4 Å². The van der Waals surface area contributed by atoms with Gasteiger partial charge in [0, 0.05) is 45.3 Å². The maximum atomic E-state index is 5.14. The summed E-state index contributed by atoms with van der Waals surface area (Å²) in [6.07, 6.45) is 1.05. The molecule has 0 aliphatic carbocycles. The Morgan fingerprint density at radius 2 is 1.89 bits per heavy atom. The molecule has 1 aromatic heterocycles. The van der Waals surface area contributed by atoms with Crippen LogP contribution in [0, 0.1) is 13.8 Å². The molecule has 0 radical (unpaired) electrons. The van der Waals surface area contributed by atoms with Crippen molar-refractivity contribution in [1.29, 1.82) is 0 Å². The molecular weight excluding hydrogens is 228 g/mol. The molecule has 0 aromatic carbocycles. The molecule has 0 aliphatic heterocycles. The van der Waals surface area contributed by atoms with Crippen molar-refractivity contribution in [3.05, 3.63) is 23.0 Å². The standard InChI is InChI=1S/C14H26N2O2/c1-12-10-14(11-15-6-5-8-17-3)13(2)16(12)7-9-18-4/h10,15H,5-9,11H2,1-4H3. The smallest absolute Gasteiger partial charge is 0.0641 e. The molecule has 1 aromatic rings. The minimum Gasteiger partial charge on any atom is -0.385 e. The molecule has 1 N–H and O–H groups in total. The number of hydrogen-bond donors (Lipinski definition) is 1. The van der Waals surface area contributed by atoms with Gasteiger partial charge in [-0.25, -0.2) is 0 Å². The zero-order chi connectivity index (χ0) is 13.4. The molecule has 0 aliphatic rings. The van der Waals surface area contributed by atoms with Gasteiger partial charge in [-0.1, -0.05) is 0 Å². The third-order valence-electron chi connectivity index (χ3n) is 3.21. The van der Waals surface area contributed by atoms with Gasteiger partial charge in [0.15, 0.2) is 0 Å². The van der Waals surface area contributed by atoms with Crippen LogP contribution in [0.1, 0.15) is 23.4 Å². The fourth-order valence-corrected chi connectivity index (χ4v) is 2.14. The second-order valence-electron chi connectivity index (χ2n) is 4.56. The Morgan fingerprint density at radius 1 is 1.17 bits per heavy atom. The molecule has 0 bridgehead atoms. The number of nitrogens with zero attached hydrogens (tertiary/aromatic N) is 1. The van der Waals surface area contributed by atoms with E-state index in [-0.39, 0.29) is 0 Å². The van der Waals surface area contributed by atoms with E-state index in [2.05, 4.69) is 29.8 Å². The van der Waals surface area contributed by atoms with Crippen LogP contribution in [0.2, 0.25) is 0 Å². The van der Waals surface area contributed by atoms with Crippen molar-refractivity contribution in [3.8, 4) is 0 Å². The van der Waals surface area contributed by atoms with Crippen LogP contribution in [-0.2, 0) is 22.6 Å². The zero-order valence-electron chi connectivity index (χ0n) is 12.1. The maximum Gasteiger partial charge on any atom is 0.0641 e. The van der Waals surface area contributed by atoms with Gasteiger partial charge in [0.05, 0.1) is 6.61 Å². The third-order valence-corrected chi connectivity index (χ3v) is 3.21. The lowest BCUT2D eigenvalue weighted by molar-refractivity contribution is 0.186. The Morgan fingerprint density at radius 3 is 2.56 bits per heavy atom. The molecule has 0 amide bonds. The van der Waals surface area contributed by atoms with E-state index < -0.39 is 0 Å². The summed E-state index contributed by atoms with van der Waals surface area (Å²) in [6.45, 7) is 8.76. The average molecular weight is 254 g/mol. The van der Waals surface area contributed by atoms with Gasteiger partial charge in [-0.3, -0.25) is 0 Å². The van der Waals surface area contributed by atoms with Crippen LogP contribution >= 0.6 is 0 Å². The monoisotopic (exact) mass is 254 g/mol. The summed E-state index contributed by atoms with van der Waals surface area (Å²) < 4.78 is 12.5. The summed E-state index contributed by atoms with van der Waals surface area (Å²) in [4.78, 5) is 0. The highest BCUT2D eigenvalue weighted by Crippen LogP contribution is 2.14. The fourth-order valence-electron chi connectivity index (χ4n) is 2.14. The average Bonchev–Trinajstić information content (AvgIpc) is 2.62. The number of aryl methyl sites for hydroxylation is 1. The minimum absolute atomic E-state index is 0.761. The summed E-state index contributed by atoms with van der Waals surface area (Å²) in [5, 5.41) is 3.45. The van der Waals surface area contributed by atoms with Gasteiger partial charge < -0.3 is 19.4 Å². The van der Waals surface area contributed by atoms with E-state index in [1.165, 1.54) is 17.0 Å². The lowest BCUT2D eigenvalue weighted by atomic mass is 10.2. The predicted molar refractivity (Wildman–Crippen MR) is 74.0 cm³/mol. The SMILES string of the molecule is COCCCNCc1cc(C)n(CCOC)c1C. The van der Waals surface area contributed by atoms with E-state index in [0.717, 1.165) is 39.3 Å². The molecule has 0 spiro atoms. The van der Waals surface area contributed by atoms with Crippen molar-refractivity contribution >= 4 is 0 Å². The van der Waals surface area contributed by atoms with Gasteiger partial charge in [-0.05, 0) is 38.4 Å². The van der Waals surface area contributed by atoms with E-state index >= 15 is 0 Å². The highest BCUT2D eigenvalue weighted by atomic mass is 16.5. The summed E-state index contributed by atoms with van der Waals surface area (Å²) in [5.74, 6) is 0. The van der Waals surface area contributed by atoms with Crippen molar-refractivity contribution < 1.29 is 9.47 Å². The lowest BCUT2D eigenvalue weighted by Crippen LogP contribution is -2.16. The number of aromatic nitrogens is 1. The van der Waals surface area contributed by atoms with E-state index in [9.17, 15) is 0 Å². The Balaban J connectivity index is 2.46. The number of rotatable bonds is 9. The molecule has 18 heavy (non-hydrogen) atoms. The van der Waals surface area contributed by atoms with Crippen LogP contribution < -0.4 is 5.32 Å². The minimum atomic E-state index is 0.761. The first kappa shape index (κ1) is 15.2. The Labute approximate surface area is 110 Å². The normalized spacial score (nSPS) is 11.1. The fraction of sp³-hybridized carbons (Fsp3) is 0.714. The van der Waals surface area contributed by atoms with Gasteiger partial charge in [-0.15, -0.1) is 0 Å². The Bertz CT molecular complexity index is 348. The first-order chi connectivity index (χ1) is 8.70. The van der Waals surface area contributed by atoms with Gasteiger partial charge in [0.2, 0.25) is 0 Å². The molecule has 4 heteroatoms. The van der Waals surface area contributed by atoms with E-state index in [4.69, 9.17) is 9.47 Å². The summed E-state index contributed by atoms with van der Waals surface area (Å²) in [7, 11) is 3.48. The summed E-state index contributed by atoms with van der Waals surface area (Å²) >= 11 is 0. The molecular formula is C14H26N2O2. The highest BCUT2D eigenvalue weighted by Gasteiger charge is 2.07. The van der Waals surface area contributed by atoms with Crippen molar-refractivity contribution in [1.82, 2.24) is 9.88 Å². The van der Waals surface area contributed by atoms with E-state index in [1.54, 1.807) is 14.2 Å². The number of hydrogen-bond acceptors (Lipinski definition) is 3. The van der Waals surface area contributed by atoms with Crippen LogP contribution in [0.3, 0.4) is 0 Å². The summed E-state index contributed by atoms with van der Waals surface area (Å²) in [6, 6.07) is 2.26. The number of methoxy groups -OCH3 is 2. The van der Waals surface area contributed by atoms with E-state index in [0.29, 0.717) is 0 Å². The molecule has 0 atom stereocenters. The second kappa shape index (κ2) is 8.29. The topological polar surface area (TPSA) is 35.4 Å². The summed E-state index contributed by atoms with van der Waals surface area (Å²) in [5.41, 5.74) is 4.02. The highest BCUT2D eigenvalue weighted by molar-refractivity contribution is 5.26. The van der Waals surface area contributed by atoms with E-state index in [1.807, 2.05) is 0 Å². The van der Waals surface area contributed by atoms with Gasteiger partial charge in [0.25, 0.3) is 0 Å². The van der Waals surface area contributed by atoms with Crippen LogP contribution in [0.4, 0.5) is 0 Å². The van der Waals surface area contributed by atoms with Crippen molar-refractivity contribution in [3.63, 3.8) is 0 Å².